The Morgan fingerprint density at radius 3 is 2.64 bits per heavy atom. The molecule has 4 heteroatoms. The van der Waals surface area contributed by atoms with Crippen molar-refractivity contribution in [1.82, 2.24) is 5.32 Å². The van der Waals surface area contributed by atoms with Crippen LogP contribution < -0.4 is 5.32 Å². The molecule has 1 amide bonds. The molecular formula is C7H15NOS2. The minimum absolute atomic E-state index is 0.164. The maximum absolute atomic E-state index is 10.9. The molecule has 0 saturated carbocycles. The van der Waals surface area contributed by atoms with Gasteiger partial charge >= 0.3 is 0 Å². The lowest BCUT2D eigenvalue weighted by Gasteiger charge is -2.00. The highest BCUT2D eigenvalue weighted by Gasteiger charge is 1.97. The predicted octanol–water partition coefficient (Wildman–Crippen LogP) is 1.91. The Kier molecular flexibility index (Phi) is 8.40. The summed E-state index contributed by atoms with van der Waals surface area (Å²) in [6, 6.07) is 0. The third kappa shape index (κ3) is 8.07. The van der Waals surface area contributed by atoms with Gasteiger partial charge in [-0.2, -0.15) is 0 Å². The second-order valence-corrected chi connectivity index (χ2v) is 4.80. The van der Waals surface area contributed by atoms with Crippen molar-refractivity contribution in [2.24, 2.45) is 0 Å². The number of amides is 1. The van der Waals surface area contributed by atoms with Crippen LogP contribution in [0, 0.1) is 0 Å². The lowest BCUT2D eigenvalue weighted by atomic mass is 10.4. The molecule has 0 unspecified atom stereocenters. The Bertz CT molecular complexity index is 109. The molecule has 0 aliphatic carbocycles. The molecule has 0 saturated heterocycles. The third-order valence-electron chi connectivity index (χ3n) is 0.988. The molecule has 0 aliphatic heterocycles. The molecule has 0 fully saturated rings. The van der Waals surface area contributed by atoms with Crippen LogP contribution in [0.5, 0.6) is 0 Å². The van der Waals surface area contributed by atoms with Gasteiger partial charge in [-0.1, -0.05) is 28.5 Å². The summed E-state index contributed by atoms with van der Waals surface area (Å²) in [5.41, 5.74) is 0. The summed E-state index contributed by atoms with van der Waals surface area (Å²) in [7, 11) is 3.57. The largest absolute Gasteiger partial charge is 0.356 e. The van der Waals surface area contributed by atoms with Crippen LogP contribution in [0.4, 0.5) is 0 Å². The van der Waals surface area contributed by atoms with Gasteiger partial charge in [0.15, 0.2) is 0 Å². The predicted molar refractivity (Wildman–Crippen MR) is 53.9 cm³/mol. The zero-order valence-electron chi connectivity index (χ0n) is 7.05. The van der Waals surface area contributed by atoms with Crippen LogP contribution in [0.3, 0.4) is 0 Å². The Morgan fingerprint density at radius 1 is 1.36 bits per heavy atom. The molecule has 0 aromatic carbocycles. The summed E-state index contributed by atoms with van der Waals surface area (Å²) in [5, 5.41) is 2.76. The van der Waals surface area contributed by atoms with E-state index in [2.05, 4.69) is 12.2 Å². The fraction of sp³-hybridized carbons (Fsp3) is 0.857. The number of hydrogen-bond acceptors (Lipinski definition) is 3. The normalized spacial score (nSPS) is 9.64. The maximum Gasteiger partial charge on any atom is 0.220 e. The van der Waals surface area contributed by atoms with E-state index < -0.39 is 0 Å². The highest BCUT2D eigenvalue weighted by molar-refractivity contribution is 8.76. The van der Waals surface area contributed by atoms with Crippen LogP contribution in [0.15, 0.2) is 0 Å². The molecule has 11 heavy (non-hydrogen) atoms. The molecule has 0 rings (SSSR count). The van der Waals surface area contributed by atoms with E-state index in [0.717, 1.165) is 18.1 Å². The van der Waals surface area contributed by atoms with E-state index in [1.807, 2.05) is 6.92 Å². The first-order chi connectivity index (χ1) is 5.31. The van der Waals surface area contributed by atoms with Gasteiger partial charge in [0.05, 0.1) is 0 Å². The Balaban J connectivity index is 3.04. The minimum atomic E-state index is 0.164. The summed E-state index contributed by atoms with van der Waals surface area (Å²) >= 11 is 0. The van der Waals surface area contributed by atoms with Gasteiger partial charge in [0.1, 0.15) is 0 Å². The number of carbonyl (C=O) groups is 1. The Labute approximate surface area is 76.3 Å². The molecule has 0 bridgehead atoms. The van der Waals surface area contributed by atoms with Gasteiger partial charge in [-0.15, -0.1) is 0 Å². The summed E-state index contributed by atoms with van der Waals surface area (Å²) < 4.78 is 0. The molecule has 66 valence electrons. The van der Waals surface area contributed by atoms with E-state index in [9.17, 15) is 4.79 Å². The molecule has 0 aromatic rings. The molecule has 0 aromatic heterocycles. The summed E-state index contributed by atoms with van der Waals surface area (Å²) in [6.07, 6.45) is 0.644. The van der Waals surface area contributed by atoms with Crippen molar-refractivity contribution in [2.45, 2.75) is 20.3 Å². The summed E-state index contributed by atoms with van der Waals surface area (Å²) in [4.78, 5) is 10.9. The number of carbonyl (C=O) groups excluding carboxylic acids is 1. The van der Waals surface area contributed by atoms with Crippen LogP contribution >= 0.6 is 21.6 Å². The van der Waals surface area contributed by atoms with Crippen LogP contribution in [-0.4, -0.2) is 24.0 Å². The topological polar surface area (TPSA) is 29.1 Å². The number of rotatable bonds is 6. The first-order valence-electron chi connectivity index (χ1n) is 3.82. The van der Waals surface area contributed by atoms with Crippen molar-refractivity contribution in [2.75, 3.05) is 18.1 Å². The molecule has 0 aliphatic rings. The van der Waals surface area contributed by atoms with E-state index in [1.165, 1.54) is 0 Å². The zero-order valence-corrected chi connectivity index (χ0v) is 8.69. The molecule has 0 heterocycles. The van der Waals surface area contributed by atoms with Crippen molar-refractivity contribution in [3.05, 3.63) is 0 Å². The number of hydrogen-bond donors (Lipinski definition) is 1. The highest BCUT2D eigenvalue weighted by Crippen LogP contribution is 2.20. The van der Waals surface area contributed by atoms with Gasteiger partial charge in [0.2, 0.25) is 5.91 Å². The van der Waals surface area contributed by atoms with Gasteiger partial charge < -0.3 is 5.32 Å². The first-order valence-corrected chi connectivity index (χ1v) is 6.31. The van der Waals surface area contributed by atoms with Crippen molar-refractivity contribution in [1.29, 1.82) is 0 Å². The van der Waals surface area contributed by atoms with Crippen molar-refractivity contribution in [3.8, 4) is 0 Å². The first kappa shape index (κ1) is 11.2. The van der Waals surface area contributed by atoms with Crippen molar-refractivity contribution < 1.29 is 4.79 Å². The highest BCUT2D eigenvalue weighted by atomic mass is 33.1. The van der Waals surface area contributed by atoms with Crippen LogP contribution in [0.25, 0.3) is 0 Å². The molecule has 2 nitrogen and oxygen atoms in total. The van der Waals surface area contributed by atoms with Gasteiger partial charge in [0.25, 0.3) is 0 Å². The summed E-state index contributed by atoms with van der Waals surface area (Å²) in [6.45, 7) is 4.79. The fourth-order valence-corrected chi connectivity index (χ4v) is 2.22. The second-order valence-electron chi connectivity index (χ2n) is 1.93. The molecular weight excluding hydrogens is 178 g/mol. The third-order valence-corrected chi connectivity index (χ3v) is 3.47. The molecule has 0 atom stereocenters. The lowest BCUT2D eigenvalue weighted by molar-refractivity contribution is -0.120. The smallest absolute Gasteiger partial charge is 0.220 e. The molecule has 1 N–H and O–H groups in total. The van der Waals surface area contributed by atoms with E-state index in [0.29, 0.717) is 6.42 Å². The molecule has 0 spiro atoms. The van der Waals surface area contributed by atoms with E-state index in [1.54, 1.807) is 21.6 Å². The maximum atomic E-state index is 10.9. The standard InChI is InChI=1S/C7H15NOS2/c1-3-8-7(9)5-6-11-10-4-2/h3-6H2,1-2H3,(H,8,9). The SMILES string of the molecule is CCNC(=O)CCSSCC. The van der Waals surface area contributed by atoms with Gasteiger partial charge in [0, 0.05) is 24.5 Å². The zero-order chi connectivity index (χ0) is 8.53. The Hall–Kier alpha value is 0.170. The average Bonchev–Trinajstić information content (AvgIpc) is 1.99. The van der Waals surface area contributed by atoms with Gasteiger partial charge in [-0.25, -0.2) is 0 Å². The average molecular weight is 193 g/mol. The van der Waals surface area contributed by atoms with Gasteiger partial charge in [-0.3, -0.25) is 4.79 Å². The van der Waals surface area contributed by atoms with Crippen LogP contribution in [0.1, 0.15) is 20.3 Å². The van der Waals surface area contributed by atoms with Crippen LogP contribution in [0.2, 0.25) is 0 Å². The van der Waals surface area contributed by atoms with Crippen LogP contribution in [-0.2, 0) is 4.79 Å². The van der Waals surface area contributed by atoms with E-state index in [4.69, 9.17) is 0 Å². The van der Waals surface area contributed by atoms with Crippen molar-refractivity contribution >= 4 is 27.5 Å². The quantitative estimate of drug-likeness (QED) is 0.516. The van der Waals surface area contributed by atoms with E-state index in [-0.39, 0.29) is 5.91 Å². The van der Waals surface area contributed by atoms with Crippen molar-refractivity contribution in [3.63, 3.8) is 0 Å². The lowest BCUT2D eigenvalue weighted by Crippen LogP contribution is -2.22. The second kappa shape index (κ2) is 8.27. The monoisotopic (exact) mass is 193 g/mol. The number of nitrogens with one attached hydrogen (secondary N) is 1. The Morgan fingerprint density at radius 2 is 2.09 bits per heavy atom. The van der Waals surface area contributed by atoms with E-state index >= 15 is 0 Å². The molecule has 0 radical (unpaired) electrons. The van der Waals surface area contributed by atoms with Gasteiger partial charge in [-0.05, 0) is 6.92 Å². The minimum Gasteiger partial charge on any atom is -0.356 e. The fourth-order valence-electron chi connectivity index (χ4n) is 0.562. The summed E-state index contributed by atoms with van der Waals surface area (Å²) in [5.74, 6) is 2.20.